The van der Waals surface area contributed by atoms with Gasteiger partial charge in [0.15, 0.2) is 5.75 Å². The van der Waals surface area contributed by atoms with E-state index < -0.39 is 33.3 Å². The highest BCUT2D eigenvalue weighted by Gasteiger charge is 2.38. The standard InChI is InChI=1S/C24H23ClF2N4O5S/c1-29(2)19(32)11-31-10-15-20(24(31)34)23(33)21-14(22(15)30(3)37(4,35)36)6-12(9-28-21)5-13-7-16(25)18(27)8-17(13)26/h6-9,33H,5,10-11H2,1-4H3. The lowest BCUT2D eigenvalue weighted by Crippen LogP contribution is -2.36. The van der Waals surface area contributed by atoms with Gasteiger partial charge in [-0.3, -0.25) is 18.9 Å². The predicted molar refractivity (Wildman–Crippen MR) is 134 cm³/mol. The minimum absolute atomic E-state index is 0.0419. The number of benzene rings is 2. The molecule has 0 atom stereocenters. The smallest absolute Gasteiger partial charge is 0.258 e. The van der Waals surface area contributed by atoms with Gasteiger partial charge in [0, 0.05) is 57.3 Å². The summed E-state index contributed by atoms with van der Waals surface area (Å²) in [6.07, 6.45) is 2.26. The van der Waals surface area contributed by atoms with Crippen molar-refractivity contribution in [1.82, 2.24) is 14.8 Å². The van der Waals surface area contributed by atoms with E-state index in [1.54, 1.807) is 0 Å². The van der Waals surface area contributed by atoms with Crippen LogP contribution in [0.4, 0.5) is 14.5 Å². The minimum Gasteiger partial charge on any atom is -0.505 e. The molecule has 0 radical (unpaired) electrons. The summed E-state index contributed by atoms with van der Waals surface area (Å²) in [6.45, 7) is -0.402. The van der Waals surface area contributed by atoms with E-state index in [2.05, 4.69) is 4.98 Å². The van der Waals surface area contributed by atoms with Gasteiger partial charge < -0.3 is 14.9 Å². The Balaban J connectivity index is 1.91. The van der Waals surface area contributed by atoms with E-state index in [9.17, 15) is 31.9 Å². The lowest BCUT2D eigenvalue weighted by molar-refractivity contribution is -0.129. The molecular weight excluding hydrogens is 530 g/mol. The summed E-state index contributed by atoms with van der Waals surface area (Å²) in [6, 6.07) is 3.34. The molecule has 196 valence electrons. The van der Waals surface area contributed by atoms with Crippen molar-refractivity contribution in [3.8, 4) is 5.75 Å². The number of pyridine rings is 1. The summed E-state index contributed by atoms with van der Waals surface area (Å²) in [5.74, 6) is -3.17. The van der Waals surface area contributed by atoms with E-state index in [1.165, 1.54) is 43.2 Å². The van der Waals surface area contributed by atoms with Crippen LogP contribution in [0.5, 0.6) is 5.75 Å². The maximum atomic E-state index is 14.4. The zero-order valence-corrected chi connectivity index (χ0v) is 21.9. The summed E-state index contributed by atoms with van der Waals surface area (Å²) in [4.78, 5) is 32.2. The molecule has 9 nitrogen and oxygen atoms in total. The maximum absolute atomic E-state index is 14.4. The lowest BCUT2D eigenvalue weighted by Gasteiger charge is -2.23. The molecule has 1 N–H and O–H groups in total. The number of likely N-dealkylation sites (N-methyl/N-ethyl adjacent to an activating group) is 1. The van der Waals surface area contributed by atoms with Gasteiger partial charge in [-0.2, -0.15) is 0 Å². The molecule has 2 amide bonds. The fourth-order valence-electron chi connectivity index (χ4n) is 4.20. The molecule has 0 bridgehead atoms. The topological polar surface area (TPSA) is 111 Å². The number of anilines is 1. The van der Waals surface area contributed by atoms with Crippen molar-refractivity contribution in [3.05, 3.63) is 63.3 Å². The summed E-state index contributed by atoms with van der Waals surface area (Å²) in [7, 11) is 0.525. The Morgan fingerprint density at radius 1 is 1.19 bits per heavy atom. The Morgan fingerprint density at radius 3 is 2.49 bits per heavy atom. The number of fused-ring (bicyclic) bond motifs is 2. The number of phenols is 1. The van der Waals surface area contributed by atoms with Crippen molar-refractivity contribution in [1.29, 1.82) is 0 Å². The molecule has 2 heterocycles. The number of aromatic hydroxyl groups is 1. The number of phenolic OH excluding ortho intramolecular Hbond substituents is 1. The number of nitrogens with zero attached hydrogens (tertiary/aromatic N) is 4. The van der Waals surface area contributed by atoms with E-state index in [4.69, 9.17) is 11.6 Å². The molecule has 4 rings (SSSR count). The highest BCUT2D eigenvalue weighted by atomic mass is 35.5. The fourth-order valence-corrected chi connectivity index (χ4v) is 4.92. The van der Waals surface area contributed by atoms with Gasteiger partial charge in [0.05, 0.1) is 22.5 Å². The van der Waals surface area contributed by atoms with Crippen LogP contribution in [0, 0.1) is 11.6 Å². The van der Waals surface area contributed by atoms with E-state index in [0.717, 1.165) is 16.6 Å². The van der Waals surface area contributed by atoms with Crippen LogP contribution in [-0.4, -0.2) is 74.1 Å². The third-order valence-electron chi connectivity index (χ3n) is 6.22. The maximum Gasteiger partial charge on any atom is 0.258 e. The first kappa shape index (κ1) is 26.6. The van der Waals surface area contributed by atoms with Crippen LogP contribution in [0.3, 0.4) is 0 Å². The molecule has 1 aliphatic heterocycles. The van der Waals surface area contributed by atoms with Crippen molar-refractivity contribution in [3.63, 3.8) is 0 Å². The number of rotatable bonds is 6. The van der Waals surface area contributed by atoms with Crippen molar-refractivity contribution in [2.75, 3.05) is 38.2 Å². The highest BCUT2D eigenvalue weighted by Crippen LogP contribution is 2.44. The van der Waals surface area contributed by atoms with Crippen LogP contribution < -0.4 is 4.31 Å². The summed E-state index contributed by atoms with van der Waals surface area (Å²) in [5.41, 5.74) is 0.635. The van der Waals surface area contributed by atoms with Crippen LogP contribution in [0.15, 0.2) is 24.4 Å². The Labute approximate surface area is 216 Å². The number of carbonyl (C=O) groups is 2. The first-order chi connectivity index (χ1) is 17.2. The van der Waals surface area contributed by atoms with Gasteiger partial charge in [-0.05, 0) is 23.3 Å². The van der Waals surface area contributed by atoms with Crippen LogP contribution in [-0.2, 0) is 27.8 Å². The Hall–Kier alpha value is -3.51. The van der Waals surface area contributed by atoms with Gasteiger partial charge in [-0.25, -0.2) is 17.2 Å². The number of hydrogen-bond acceptors (Lipinski definition) is 6. The Kier molecular flexibility index (Phi) is 6.76. The van der Waals surface area contributed by atoms with E-state index in [1.807, 2.05) is 0 Å². The third-order valence-corrected chi connectivity index (χ3v) is 7.69. The van der Waals surface area contributed by atoms with Crippen LogP contribution >= 0.6 is 11.6 Å². The molecule has 1 aliphatic rings. The molecule has 3 aromatic rings. The molecule has 1 aromatic heterocycles. The Bertz CT molecular complexity index is 1580. The van der Waals surface area contributed by atoms with Crippen molar-refractivity contribution in [2.24, 2.45) is 0 Å². The van der Waals surface area contributed by atoms with E-state index in [-0.39, 0.29) is 63.7 Å². The number of hydrogen-bond donors (Lipinski definition) is 1. The molecule has 0 aliphatic carbocycles. The molecule has 0 saturated carbocycles. The highest BCUT2D eigenvalue weighted by molar-refractivity contribution is 7.92. The van der Waals surface area contributed by atoms with E-state index in [0.29, 0.717) is 11.6 Å². The first-order valence-electron chi connectivity index (χ1n) is 10.9. The monoisotopic (exact) mass is 552 g/mol. The SMILES string of the molecule is CN(C)C(=O)CN1Cc2c(c(O)c3ncc(Cc4cc(Cl)c(F)cc4F)cc3c2N(C)S(C)(=O)=O)C1=O. The number of amides is 2. The molecule has 0 unspecified atom stereocenters. The van der Waals surface area contributed by atoms with Gasteiger partial charge >= 0.3 is 0 Å². The largest absolute Gasteiger partial charge is 0.505 e. The number of carbonyl (C=O) groups excluding carboxylic acids is 2. The van der Waals surface area contributed by atoms with Gasteiger partial charge in [-0.1, -0.05) is 11.6 Å². The summed E-state index contributed by atoms with van der Waals surface area (Å²) >= 11 is 5.80. The summed E-state index contributed by atoms with van der Waals surface area (Å²) < 4.78 is 54.1. The zero-order valence-electron chi connectivity index (χ0n) is 20.3. The van der Waals surface area contributed by atoms with Crippen molar-refractivity contribution < 1.29 is 31.9 Å². The molecule has 0 spiro atoms. The predicted octanol–water partition coefficient (Wildman–Crippen LogP) is 2.90. The molecular formula is C24H23ClF2N4O5S. The van der Waals surface area contributed by atoms with Gasteiger partial charge in [0.25, 0.3) is 5.91 Å². The van der Waals surface area contributed by atoms with Crippen LogP contribution in [0.2, 0.25) is 5.02 Å². The van der Waals surface area contributed by atoms with Gasteiger partial charge in [0.1, 0.15) is 23.7 Å². The number of aromatic nitrogens is 1. The quantitative estimate of drug-likeness (QED) is 0.471. The van der Waals surface area contributed by atoms with Crippen molar-refractivity contribution in [2.45, 2.75) is 13.0 Å². The second-order valence-electron chi connectivity index (χ2n) is 9.00. The zero-order chi connectivity index (χ0) is 27.4. The van der Waals surface area contributed by atoms with Gasteiger partial charge in [0.2, 0.25) is 15.9 Å². The minimum atomic E-state index is -3.84. The lowest BCUT2D eigenvalue weighted by atomic mass is 9.98. The average Bonchev–Trinajstić information content (AvgIpc) is 3.12. The normalized spacial score (nSPS) is 13.3. The number of halogens is 3. The molecule has 37 heavy (non-hydrogen) atoms. The van der Waals surface area contributed by atoms with Crippen LogP contribution in [0.1, 0.15) is 27.0 Å². The first-order valence-corrected chi connectivity index (χ1v) is 13.2. The second-order valence-corrected chi connectivity index (χ2v) is 11.4. The van der Waals surface area contributed by atoms with Crippen LogP contribution in [0.25, 0.3) is 10.9 Å². The molecule has 2 aromatic carbocycles. The summed E-state index contributed by atoms with van der Waals surface area (Å²) in [5, 5.41) is 10.9. The Morgan fingerprint density at radius 2 is 1.86 bits per heavy atom. The third kappa shape index (κ3) is 4.78. The van der Waals surface area contributed by atoms with E-state index >= 15 is 0 Å². The molecule has 13 heteroatoms. The number of sulfonamides is 1. The molecule has 0 fully saturated rings. The molecule has 0 saturated heterocycles. The van der Waals surface area contributed by atoms with Gasteiger partial charge in [-0.15, -0.1) is 0 Å². The fraction of sp³-hybridized carbons (Fsp3) is 0.292. The second kappa shape index (κ2) is 9.42. The average molecular weight is 553 g/mol. The van der Waals surface area contributed by atoms with Crippen molar-refractivity contribution >= 4 is 50.0 Å².